The molecule has 1 fully saturated rings. The van der Waals surface area contributed by atoms with E-state index in [2.05, 4.69) is 5.32 Å². The first-order chi connectivity index (χ1) is 9.56. The van der Waals surface area contributed by atoms with Gasteiger partial charge in [0.25, 0.3) is 0 Å². The lowest BCUT2D eigenvalue weighted by Gasteiger charge is -2.18. The molecule has 0 aliphatic carbocycles. The highest BCUT2D eigenvalue weighted by Crippen LogP contribution is 2.13. The number of hydrogen-bond acceptors (Lipinski definition) is 3. The number of rotatable bonds is 5. The zero-order chi connectivity index (χ0) is 14.5. The average Bonchev–Trinajstić information content (AvgIpc) is 2.91. The molecule has 0 saturated carbocycles. The zero-order valence-corrected chi connectivity index (χ0v) is 11.6. The number of benzene rings is 1. The van der Waals surface area contributed by atoms with E-state index in [-0.39, 0.29) is 11.8 Å². The van der Waals surface area contributed by atoms with Gasteiger partial charge >= 0.3 is 0 Å². The van der Waals surface area contributed by atoms with E-state index in [1.807, 2.05) is 31.2 Å². The van der Waals surface area contributed by atoms with E-state index in [1.165, 1.54) is 0 Å². The van der Waals surface area contributed by atoms with Crippen LogP contribution in [0.2, 0.25) is 0 Å². The molecule has 108 valence electrons. The van der Waals surface area contributed by atoms with Crippen LogP contribution in [0.5, 0.6) is 0 Å². The molecule has 0 aromatic heterocycles. The summed E-state index contributed by atoms with van der Waals surface area (Å²) >= 11 is 0. The first-order valence-electron chi connectivity index (χ1n) is 6.79. The van der Waals surface area contributed by atoms with Crippen LogP contribution in [0.3, 0.4) is 0 Å². The summed E-state index contributed by atoms with van der Waals surface area (Å²) in [6.07, 6.45) is 1.11. The Hall–Kier alpha value is -1.88. The van der Waals surface area contributed by atoms with Gasteiger partial charge in [-0.2, -0.15) is 0 Å². The van der Waals surface area contributed by atoms with E-state index in [0.717, 1.165) is 11.1 Å². The van der Waals surface area contributed by atoms with Crippen LogP contribution in [0.25, 0.3) is 0 Å². The number of nitrogens with one attached hydrogen (secondary N) is 1. The topological polar surface area (TPSA) is 81.4 Å². The van der Waals surface area contributed by atoms with Gasteiger partial charge in [0.1, 0.15) is 6.04 Å². The van der Waals surface area contributed by atoms with E-state index in [9.17, 15) is 9.59 Å². The number of aryl methyl sites for hydroxylation is 1. The van der Waals surface area contributed by atoms with Crippen molar-refractivity contribution in [1.29, 1.82) is 0 Å². The summed E-state index contributed by atoms with van der Waals surface area (Å²) < 4.78 is 5.18. The highest BCUT2D eigenvalue weighted by atomic mass is 16.5. The van der Waals surface area contributed by atoms with Crippen LogP contribution >= 0.6 is 0 Å². The van der Waals surface area contributed by atoms with Crippen molar-refractivity contribution in [2.45, 2.75) is 25.8 Å². The first-order valence-corrected chi connectivity index (χ1v) is 6.79. The predicted octanol–water partition coefficient (Wildman–Crippen LogP) is 0.544. The molecular weight excluding hydrogens is 256 g/mol. The number of carbonyl (C=O) groups excluding carboxylic acids is 2. The largest absolute Gasteiger partial charge is 0.381 e. The molecular formula is C15H20N2O3. The van der Waals surface area contributed by atoms with E-state index in [1.54, 1.807) is 0 Å². The maximum Gasteiger partial charge on any atom is 0.240 e. The van der Waals surface area contributed by atoms with Crippen molar-refractivity contribution in [2.75, 3.05) is 13.2 Å². The van der Waals surface area contributed by atoms with Gasteiger partial charge < -0.3 is 15.8 Å². The molecule has 1 heterocycles. The fourth-order valence-corrected chi connectivity index (χ4v) is 2.33. The zero-order valence-electron chi connectivity index (χ0n) is 11.6. The van der Waals surface area contributed by atoms with Gasteiger partial charge in [0.05, 0.1) is 12.5 Å². The monoisotopic (exact) mass is 276 g/mol. The summed E-state index contributed by atoms with van der Waals surface area (Å²) in [5.41, 5.74) is 7.48. The van der Waals surface area contributed by atoms with Crippen molar-refractivity contribution in [3.63, 3.8) is 0 Å². The minimum absolute atomic E-state index is 0.154. The molecule has 2 rings (SSSR count). The summed E-state index contributed by atoms with van der Waals surface area (Å²) in [5.74, 6) is -0.841. The SMILES string of the molecule is Cc1cccc(C[C@@H](NC(=O)[C@@H]2CCOC2)C(N)=O)c1. The average molecular weight is 276 g/mol. The Labute approximate surface area is 118 Å². The molecule has 1 aliphatic rings. The van der Waals surface area contributed by atoms with Crippen molar-refractivity contribution in [3.05, 3.63) is 35.4 Å². The van der Waals surface area contributed by atoms with Gasteiger partial charge in [0.15, 0.2) is 0 Å². The van der Waals surface area contributed by atoms with E-state index >= 15 is 0 Å². The second-order valence-electron chi connectivity index (χ2n) is 5.22. The number of hydrogen-bond donors (Lipinski definition) is 2. The predicted molar refractivity (Wildman–Crippen MR) is 74.9 cm³/mol. The standard InChI is InChI=1S/C15H20N2O3/c1-10-3-2-4-11(7-10)8-13(14(16)18)17-15(19)12-5-6-20-9-12/h2-4,7,12-13H,5-6,8-9H2,1H3,(H2,16,18)(H,17,19)/t12-,13-/m1/s1. The van der Waals surface area contributed by atoms with Crippen molar-refractivity contribution in [2.24, 2.45) is 11.7 Å². The number of primary amides is 1. The van der Waals surface area contributed by atoms with Crippen LogP contribution in [0.15, 0.2) is 24.3 Å². The molecule has 1 aromatic rings. The second kappa shape index (κ2) is 6.52. The van der Waals surface area contributed by atoms with Gasteiger partial charge in [-0.3, -0.25) is 9.59 Å². The van der Waals surface area contributed by atoms with Crippen molar-refractivity contribution in [3.8, 4) is 0 Å². The molecule has 1 saturated heterocycles. The van der Waals surface area contributed by atoms with Crippen LogP contribution in [0.4, 0.5) is 0 Å². The lowest BCUT2D eigenvalue weighted by Crippen LogP contribution is -2.48. The molecule has 1 aliphatic heterocycles. The van der Waals surface area contributed by atoms with Crippen molar-refractivity contribution >= 4 is 11.8 Å². The quantitative estimate of drug-likeness (QED) is 0.823. The number of carbonyl (C=O) groups is 2. The molecule has 0 bridgehead atoms. The van der Waals surface area contributed by atoms with Gasteiger partial charge in [0.2, 0.25) is 11.8 Å². The molecule has 5 heteroatoms. The number of nitrogens with two attached hydrogens (primary N) is 1. The summed E-state index contributed by atoms with van der Waals surface area (Å²) in [6, 6.07) is 7.14. The van der Waals surface area contributed by atoms with Gasteiger partial charge in [-0.1, -0.05) is 29.8 Å². The van der Waals surface area contributed by atoms with E-state index < -0.39 is 11.9 Å². The van der Waals surface area contributed by atoms with Crippen LogP contribution in [0.1, 0.15) is 17.5 Å². The Morgan fingerprint density at radius 3 is 2.90 bits per heavy atom. The second-order valence-corrected chi connectivity index (χ2v) is 5.22. The summed E-state index contributed by atoms with van der Waals surface area (Å²) in [4.78, 5) is 23.5. The van der Waals surface area contributed by atoms with E-state index in [0.29, 0.717) is 26.1 Å². The Balaban J connectivity index is 2.00. The molecule has 2 atom stereocenters. The minimum Gasteiger partial charge on any atom is -0.381 e. The Kier molecular flexibility index (Phi) is 4.74. The van der Waals surface area contributed by atoms with Gasteiger partial charge in [-0.05, 0) is 18.9 Å². The van der Waals surface area contributed by atoms with Gasteiger partial charge in [-0.15, -0.1) is 0 Å². The summed E-state index contributed by atoms with van der Waals surface area (Å²) in [6.45, 7) is 3.00. The minimum atomic E-state index is -0.676. The molecule has 0 radical (unpaired) electrons. The third-order valence-electron chi connectivity index (χ3n) is 3.48. The van der Waals surface area contributed by atoms with Crippen LogP contribution in [-0.4, -0.2) is 31.1 Å². The molecule has 0 spiro atoms. The van der Waals surface area contributed by atoms with Crippen molar-refractivity contribution < 1.29 is 14.3 Å². The van der Waals surface area contributed by atoms with Gasteiger partial charge in [0, 0.05) is 13.0 Å². The van der Waals surface area contributed by atoms with Crippen LogP contribution < -0.4 is 11.1 Å². The van der Waals surface area contributed by atoms with Crippen molar-refractivity contribution in [1.82, 2.24) is 5.32 Å². The molecule has 1 aromatic carbocycles. The van der Waals surface area contributed by atoms with E-state index in [4.69, 9.17) is 10.5 Å². The fourth-order valence-electron chi connectivity index (χ4n) is 2.33. The Morgan fingerprint density at radius 1 is 1.50 bits per heavy atom. The molecule has 5 nitrogen and oxygen atoms in total. The third kappa shape index (κ3) is 3.81. The number of ether oxygens (including phenoxy) is 1. The van der Waals surface area contributed by atoms with Crippen LogP contribution in [-0.2, 0) is 20.7 Å². The summed E-state index contributed by atoms with van der Waals surface area (Å²) in [5, 5.41) is 2.73. The normalized spacial score (nSPS) is 19.6. The Morgan fingerprint density at radius 2 is 2.30 bits per heavy atom. The van der Waals surface area contributed by atoms with Crippen LogP contribution in [0, 0.1) is 12.8 Å². The molecule has 20 heavy (non-hydrogen) atoms. The molecule has 2 amide bonds. The third-order valence-corrected chi connectivity index (χ3v) is 3.48. The Bertz CT molecular complexity index is 496. The smallest absolute Gasteiger partial charge is 0.240 e. The lowest BCUT2D eigenvalue weighted by molar-refractivity contribution is -0.129. The maximum absolute atomic E-state index is 12.0. The molecule has 0 unspecified atom stereocenters. The first kappa shape index (κ1) is 14.5. The maximum atomic E-state index is 12.0. The number of amides is 2. The highest BCUT2D eigenvalue weighted by molar-refractivity contribution is 5.87. The molecule has 3 N–H and O–H groups in total. The van der Waals surface area contributed by atoms with Gasteiger partial charge in [-0.25, -0.2) is 0 Å². The summed E-state index contributed by atoms with van der Waals surface area (Å²) in [7, 11) is 0. The highest BCUT2D eigenvalue weighted by Gasteiger charge is 2.27. The lowest BCUT2D eigenvalue weighted by atomic mass is 10.0. The fraction of sp³-hybridized carbons (Fsp3) is 0.467.